The molecule has 0 heterocycles. The predicted molar refractivity (Wildman–Crippen MR) is 71.7 cm³/mol. The van der Waals surface area contributed by atoms with Crippen LogP contribution in [0.1, 0.15) is 18.4 Å². The van der Waals surface area contributed by atoms with Crippen LogP contribution in [0.4, 0.5) is 0 Å². The first-order valence-corrected chi connectivity index (χ1v) is 6.19. The highest BCUT2D eigenvalue weighted by Crippen LogP contribution is 2.29. The fourth-order valence-electron chi connectivity index (χ4n) is 2.09. The lowest BCUT2D eigenvalue weighted by Gasteiger charge is -2.26. The molecule has 0 unspecified atom stereocenters. The van der Waals surface area contributed by atoms with Gasteiger partial charge in [0.15, 0.2) is 0 Å². The van der Waals surface area contributed by atoms with Gasteiger partial charge in [-0.15, -0.1) is 0 Å². The molecular formula is C16H17NO. The fourth-order valence-corrected chi connectivity index (χ4v) is 2.09. The van der Waals surface area contributed by atoms with Crippen LogP contribution in [-0.4, -0.2) is 6.61 Å². The first-order valence-electron chi connectivity index (χ1n) is 6.19. The van der Waals surface area contributed by atoms with Crippen LogP contribution in [0, 0.1) is 16.7 Å². The second-order valence-electron chi connectivity index (χ2n) is 4.59. The van der Waals surface area contributed by atoms with E-state index in [0.717, 1.165) is 12.0 Å². The number of benzene rings is 1. The van der Waals surface area contributed by atoms with E-state index in [1.165, 1.54) is 0 Å². The molecule has 0 N–H and O–H groups in total. The molecule has 1 aromatic rings. The maximum absolute atomic E-state index is 8.93. The smallest absolute Gasteiger partial charge is 0.0717 e. The normalized spacial score (nSPS) is 16.4. The number of allylic oxidation sites excluding steroid dienone is 2. The molecule has 0 atom stereocenters. The van der Waals surface area contributed by atoms with Crippen LogP contribution in [0.5, 0.6) is 0 Å². The van der Waals surface area contributed by atoms with E-state index in [0.29, 0.717) is 19.6 Å². The number of hydrogen-bond acceptors (Lipinski definition) is 2. The molecule has 0 bridgehead atoms. The summed E-state index contributed by atoms with van der Waals surface area (Å²) in [5, 5.41) is 8.93. The highest BCUT2D eigenvalue weighted by atomic mass is 16.5. The van der Waals surface area contributed by atoms with E-state index in [2.05, 4.69) is 30.4 Å². The van der Waals surface area contributed by atoms with Crippen molar-refractivity contribution in [1.82, 2.24) is 0 Å². The maximum Gasteiger partial charge on any atom is 0.0717 e. The number of ether oxygens (including phenoxy) is 1. The number of nitrogens with zero attached hydrogens (tertiary/aromatic N) is 1. The van der Waals surface area contributed by atoms with Crippen LogP contribution in [-0.2, 0) is 11.3 Å². The molecule has 2 heteroatoms. The van der Waals surface area contributed by atoms with Gasteiger partial charge in [0.25, 0.3) is 0 Å². The zero-order chi connectivity index (χ0) is 12.7. The van der Waals surface area contributed by atoms with Gasteiger partial charge in [-0.1, -0.05) is 54.6 Å². The Morgan fingerprint density at radius 1 is 1.17 bits per heavy atom. The quantitative estimate of drug-likeness (QED) is 0.735. The Kier molecular flexibility index (Phi) is 4.33. The van der Waals surface area contributed by atoms with Crippen LogP contribution in [0.25, 0.3) is 0 Å². The Bertz CT molecular complexity index is 456. The summed E-state index contributed by atoms with van der Waals surface area (Å²) in [4.78, 5) is 0. The van der Waals surface area contributed by atoms with Crippen molar-refractivity contribution in [1.29, 1.82) is 5.26 Å². The molecule has 1 aliphatic rings. The minimum absolute atomic E-state index is 0.234. The van der Waals surface area contributed by atoms with E-state index in [1.807, 2.05) is 30.3 Å². The Labute approximate surface area is 108 Å². The molecule has 0 amide bonds. The van der Waals surface area contributed by atoms with Crippen LogP contribution < -0.4 is 0 Å². The van der Waals surface area contributed by atoms with Gasteiger partial charge >= 0.3 is 0 Å². The third-order valence-electron chi connectivity index (χ3n) is 3.06. The topological polar surface area (TPSA) is 33.0 Å². The first-order chi connectivity index (χ1) is 8.85. The lowest BCUT2D eigenvalue weighted by atomic mass is 9.82. The Morgan fingerprint density at radius 3 is 2.56 bits per heavy atom. The molecule has 18 heavy (non-hydrogen) atoms. The van der Waals surface area contributed by atoms with Crippen molar-refractivity contribution < 1.29 is 4.74 Å². The number of rotatable bonds is 5. The van der Waals surface area contributed by atoms with Gasteiger partial charge in [-0.2, -0.15) is 5.26 Å². The SMILES string of the molecule is N#CCC1(COCc2ccccc2)C=CCC=C1. The summed E-state index contributed by atoms with van der Waals surface area (Å²) in [7, 11) is 0. The van der Waals surface area contributed by atoms with Crippen molar-refractivity contribution in [3.63, 3.8) is 0 Å². The molecule has 0 radical (unpaired) electrons. The molecule has 0 aliphatic heterocycles. The van der Waals surface area contributed by atoms with Crippen molar-refractivity contribution in [2.45, 2.75) is 19.4 Å². The van der Waals surface area contributed by atoms with Crippen molar-refractivity contribution in [3.8, 4) is 6.07 Å². The average molecular weight is 239 g/mol. The van der Waals surface area contributed by atoms with Crippen molar-refractivity contribution >= 4 is 0 Å². The summed E-state index contributed by atoms with van der Waals surface area (Å²) in [6.07, 6.45) is 9.81. The van der Waals surface area contributed by atoms with Crippen molar-refractivity contribution in [3.05, 3.63) is 60.2 Å². The third kappa shape index (κ3) is 3.32. The fraction of sp³-hybridized carbons (Fsp3) is 0.312. The predicted octanol–water partition coefficient (Wildman–Crippen LogP) is 3.62. The molecule has 92 valence electrons. The van der Waals surface area contributed by atoms with E-state index in [-0.39, 0.29) is 5.41 Å². The van der Waals surface area contributed by atoms with Crippen LogP contribution in [0.3, 0.4) is 0 Å². The van der Waals surface area contributed by atoms with E-state index in [1.54, 1.807) is 0 Å². The molecule has 0 aromatic heterocycles. The second-order valence-corrected chi connectivity index (χ2v) is 4.59. The summed E-state index contributed by atoms with van der Waals surface area (Å²) < 4.78 is 5.76. The van der Waals surface area contributed by atoms with Gasteiger partial charge in [-0.05, 0) is 12.0 Å². The van der Waals surface area contributed by atoms with Crippen molar-refractivity contribution in [2.75, 3.05) is 6.61 Å². The van der Waals surface area contributed by atoms with Gasteiger partial charge in [-0.25, -0.2) is 0 Å². The molecule has 0 fully saturated rings. The van der Waals surface area contributed by atoms with E-state index in [9.17, 15) is 0 Å². The lowest BCUT2D eigenvalue weighted by molar-refractivity contribution is 0.0765. The van der Waals surface area contributed by atoms with E-state index >= 15 is 0 Å². The first kappa shape index (κ1) is 12.6. The highest BCUT2D eigenvalue weighted by molar-refractivity contribution is 5.20. The van der Waals surface area contributed by atoms with E-state index in [4.69, 9.17) is 10.00 Å². The summed E-state index contributed by atoms with van der Waals surface area (Å²) in [6, 6.07) is 12.3. The Balaban J connectivity index is 1.91. The average Bonchev–Trinajstić information content (AvgIpc) is 2.41. The highest BCUT2D eigenvalue weighted by Gasteiger charge is 2.25. The monoisotopic (exact) mass is 239 g/mol. The minimum atomic E-state index is -0.234. The molecule has 1 aromatic carbocycles. The summed E-state index contributed by atoms with van der Waals surface area (Å²) >= 11 is 0. The molecule has 1 aliphatic carbocycles. The molecule has 2 nitrogen and oxygen atoms in total. The van der Waals surface area contributed by atoms with Gasteiger partial charge in [0.05, 0.1) is 19.3 Å². The van der Waals surface area contributed by atoms with Gasteiger partial charge in [0.1, 0.15) is 0 Å². The molecular weight excluding hydrogens is 222 g/mol. The van der Waals surface area contributed by atoms with Crippen LogP contribution in [0.2, 0.25) is 0 Å². The number of hydrogen-bond donors (Lipinski definition) is 0. The molecule has 0 saturated carbocycles. The third-order valence-corrected chi connectivity index (χ3v) is 3.06. The standard InChI is InChI=1S/C16H17NO/c17-12-11-16(9-5-2-6-10-16)14-18-13-15-7-3-1-4-8-15/h1,3-10H,2,11,13-14H2. The van der Waals surface area contributed by atoms with E-state index < -0.39 is 0 Å². The summed E-state index contributed by atoms with van der Waals surface area (Å²) in [6.45, 7) is 1.15. The van der Waals surface area contributed by atoms with Gasteiger partial charge in [0.2, 0.25) is 0 Å². The maximum atomic E-state index is 8.93. The zero-order valence-electron chi connectivity index (χ0n) is 10.4. The molecule has 0 saturated heterocycles. The molecule has 0 spiro atoms. The largest absolute Gasteiger partial charge is 0.376 e. The minimum Gasteiger partial charge on any atom is -0.376 e. The summed E-state index contributed by atoms with van der Waals surface area (Å²) in [5.74, 6) is 0. The zero-order valence-corrected chi connectivity index (χ0v) is 10.4. The Morgan fingerprint density at radius 2 is 1.89 bits per heavy atom. The summed E-state index contributed by atoms with van der Waals surface area (Å²) in [5.41, 5.74) is 0.926. The van der Waals surface area contributed by atoms with Gasteiger partial charge < -0.3 is 4.74 Å². The Hall–Kier alpha value is -1.85. The van der Waals surface area contributed by atoms with Gasteiger partial charge in [-0.3, -0.25) is 0 Å². The van der Waals surface area contributed by atoms with Crippen molar-refractivity contribution in [2.24, 2.45) is 5.41 Å². The lowest BCUT2D eigenvalue weighted by Crippen LogP contribution is -2.23. The van der Waals surface area contributed by atoms with Gasteiger partial charge in [0, 0.05) is 11.8 Å². The second kappa shape index (κ2) is 6.18. The molecule has 2 rings (SSSR count). The number of nitriles is 1. The van der Waals surface area contributed by atoms with Crippen LogP contribution >= 0.6 is 0 Å². The van der Waals surface area contributed by atoms with Crippen LogP contribution in [0.15, 0.2) is 54.6 Å².